The molecule has 0 fully saturated rings. The molecule has 0 bridgehead atoms. The summed E-state index contributed by atoms with van der Waals surface area (Å²) in [6.45, 7) is 4.08. The van der Waals surface area contributed by atoms with E-state index in [1.807, 2.05) is 44.2 Å². The molecule has 94 valence electrons. The molecule has 3 heteroatoms. The summed E-state index contributed by atoms with van der Waals surface area (Å²) in [6.07, 6.45) is 3.51. The van der Waals surface area contributed by atoms with Crippen LogP contribution in [0.3, 0.4) is 0 Å². The van der Waals surface area contributed by atoms with Gasteiger partial charge in [-0.1, -0.05) is 18.2 Å². The summed E-state index contributed by atoms with van der Waals surface area (Å²) < 4.78 is 0. The molecule has 2 nitrogen and oxygen atoms in total. The molecule has 3 rings (SSSR count). The predicted molar refractivity (Wildman–Crippen MR) is 79.0 cm³/mol. The second-order valence-corrected chi connectivity index (χ2v) is 5.84. The maximum absolute atomic E-state index is 12.6. The minimum absolute atomic E-state index is 0.0954. The number of hydrogen-bond acceptors (Lipinski definition) is 3. The molecule has 0 radical (unpaired) electrons. The molecule has 1 aromatic carbocycles. The Bertz CT molecular complexity index is 749. The van der Waals surface area contributed by atoms with Crippen molar-refractivity contribution in [2.75, 3.05) is 0 Å². The fraction of sp³-hybridized carbons (Fsp3) is 0.125. The second-order valence-electron chi connectivity index (χ2n) is 4.58. The van der Waals surface area contributed by atoms with Crippen molar-refractivity contribution in [2.45, 2.75) is 13.8 Å². The van der Waals surface area contributed by atoms with E-state index in [-0.39, 0.29) is 5.78 Å². The van der Waals surface area contributed by atoms with Gasteiger partial charge >= 0.3 is 0 Å². The molecular weight excluding hydrogens is 254 g/mol. The van der Waals surface area contributed by atoms with Gasteiger partial charge in [0.2, 0.25) is 5.78 Å². The van der Waals surface area contributed by atoms with Crippen molar-refractivity contribution in [3.05, 3.63) is 63.6 Å². The molecule has 2 heterocycles. The Morgan fingerprint density at radius 1 is 1.21 bits per heavy atom. The highest BCUT2D eigenvalue weighted by Crippen LogP contribution is 2.26. The number of aryl methyl sites for hydroxylation is 2. The summed E-state index contributed by atoms with van der Waals surface area (Å²) in [6, 6.07) is 9.64. The molecule has 3 aromatic rings. The lowest BCUT2D eigenvalue weighted by molar-refractivity contribution is 0.104. The van der Waals surface area contributed by atoms with Crippen LogP contribution in [0.5, 0.6) is 0 Å². The summed E-state index contributed by atoms with van der Waals surface area (Å²) >= 11 is 1.56. The Morgan fingerprint density at radius 2 is 2.05 bits per heavy atom. The number of fused-ring (bicyclic) bond motifs is 1. The first-order valence-corrected chi connectivity index (χ1v) is 6.93. The number of hydrogen-bond donors (Lipinski definition) is 0. The van der Waals surface area contributed by atoms with E-state index in [1.165, 1.54) is 10.4 Å². The van der Waals surface area contributed by atoms with Crippen molar-refractivity contribution in [3.8, 4) is 0 Å². The van der Waals surface area contributed by atoms with Crippen LogP contribution in [0.1, 0.15) is 25.7 Å². The number of rotatable bonds is 2. The SMILES string of the molecule is Cc1cc(C(=O)c2cccc3cnccc23)sc1C. The van der Waals surface area contributed by atoms with Crippen molar-refractivity contribution >= 4 is 27.9 Å². The van der Waals surface area contributed by atoms with E-state index in [4.69, 9.17) is 0 Å². The smallest absolute Gasteiger partial charge is 0.203 e. The van der Waals surface area contributed by atoms with Gasteiger partial charge in [-0.2, -0.15) is 0 Å². The molecule has 0 aliphatic heterocycles. The topological polar surface area (TPSA) is 30.0 Å². The fourth-order valence-corrected chi connectivity index (χ4v) is 3.13. The Kier molecular flexibility index (Phi) is 2.91. The highest BCUT2D eigenvalue weighted by Gasteiger charge is 2.15. The van der Waals surface area contributed by atoms with Gasteiger partial charge in [0, 0.05) is 28.2 Å². The van der Waals surface area contributed by atoms with E-state index in [1.54, 1.807) is 23.7 Å². The minimum Gasteiger partial charge on any atom is -0.288 e. The molecule has 0 atom stereocenters. The molecule has 0 saturated carbocycles. The van der Waals surface area contributed by atoms with E-state index in [9.17, 15) is 4.79 Å². The largest absolute Gasteiger partial charge is 0.288 e. The number of ketones is 1. The average Bonchev–Trinajstić information content (AvgIpc) is 2.77. The first-order valence-electron chi connectivity index (χ1n) is 6.11. The average molecular weight is 267 g/mol. The molecule has 2 aromatic heterocycles. The van der Waals surface area contributed by atoms with Gasteiger partial charge in [-0.15, -0.1) is 11.3 Å². The maximum Gasteiger partial charge on any atom is 0.203 e. The summed E-state index contributed by atoms with van der Waals surface area (Å²) in [5.74, 6) is 0.0954. The van der Waals surface area contributed by atoms with Crippen LogP contribution in [0.2, 0.25) is 0 Å². The molecule has 19 heavy (non-hydrogen) atoms. The molecule has 0 amide bonds. The number of aromatic nitrogens is 1. The van der Waals surface area contributed by atoms with Crippen LogP contribution in [0, 0.1) is 13.8 Å². The van der Waals surface area contributed by atoms with Gasteiger partial charge in [0.1, 0.15) is 0 Å². The van der Waals surface area contributed by atoms with Crippen LogP contribution in [-0.2, 0) is 0 Å². The van der Waals surface area contributed by atoms with E-state index in [2.05, 4.69) is 4.98 Å². The number of nitrogens with zero attached hydrogens (tertiary/aromatic N) is 1. The monoisotopic (exact) mass is 267 g/mol. The van der Waals surface area contributed by atoms with Crippen molar-refractivity contribution in [2.24, 2.45) is 0 Å². The summed E-state index contributed by atoms with van der Waals surface area (Å²) in [7, 11) is 0. The summed E-state index contributed by atoms with van der Waals surface area (Å²) in [5, 5.41) is 1.96. The lowest BCUT2D eigenvalue weighted by Gasteiger charge is -2.03. The zero-order chi connectivity index (χ0) is 13.4. The van der Waals surface area contributed by atoms with Crippen LogP contribution < -0.4 is 0 Å². The number of pyridine rings is 1. The second kappa shape index (κ2) is 4.59. The van der Waals surface area contributed by atoms with Crippen LogP contribution in [0.4, 0.5) is 0 Å². The fourth-order valence-electron chi connectivity index (χ4n) is 2.14. The predicted octanol–water partition coefficient (Wildman–Crippen LogP) is 4.14. The number of benzene rings is 1. The van der Waals surface area contributed by atoms with E-state index < -0.39 is 0 Å². The number of thiophene rings is 1. The van der Waals surface area contributed by atoms with Crippen molar-refractivity contribution in [1.29, 1.82) is 0 Å². The lowest BCUT2D eigenvalue weighted by Crippen LogP contribution is -1.99. The van der Waals surface area contributed by atoms with Crippen LogP contribution >= 0.6 is 11.3 Å². The number of carbonyl (C=O) groups excluding carboxylic acids is 1. The minimum atomic E-state index is 0.0954. The third-order valence-electron chi connectivity index (χ3n) is 3.32. The summed E-state index contributed by atoms with van der Waals surface area (Å²) in [4.78, 5) is 18.7. The quantitative estimate of drug-likeness (QED) is 0.653. The van der Waals surface area contributed by atoms with Crippen LogP contribution in [0.15, 0.2) is 42.7 Å². The van der Waals surface area contributed by atoms with E-state index in [0.29, 0.717) is 0 Å². The van der Waals surface area contributed by atoms with Gasteiger partial charge in [0.05, 0.1) is 4.88 Å². The van der Waals surface area contributed by atoms with E-state index in [0.717, 1.165) is 21.2 Å². The zero-order valence-electron chi connectivity index (χ0n) is 10.8. The third-order valence-corrected chi connectivity index (χ3v) is 4.47. The van der Waals surface area contributed by atoms with Gasteiger partial charge in [0.15, 0.2) is 0 Å². The molecule has 0 N–H and O–H groups in total. The van der Waals surface area contributed by atoms with E-state index >= 15 is 0 Å². The molecule has 0 unspecified atom stereocenters. The van der Waals surface area contributed by atoms with Crippen molar-refractivity contribution in [1.82, 2.24) is 4.98 Å². The third kappa shape index (κ3) is 2.06. The maximum atomic E-state index is 12.6. The standard InChI is InChI=1S/C16H13NOS/c1-10-8-15(19-11(10)2)16(18)14-5-3-4-12-9-17-7-6-13(12)14/h3-9H,1-2H3. The highest BCUT2D eigenvalue weighted by atomic mass is 32.1. The van der Waals surface area contributed by atoms with Gasteiger partial charge in [0.25, 0.3) is 0 Å². The van der Waals surface area contributed by atoms with Crippen LogP contribution in [-0.4, -0.2) is 10.8 Å². The molecule has 0 aliphatic carbocycles. The van der Waals surface area contributed by atoms with Gasteiger partial charge in [-0.05, 0) is 36.9 Å². The first kappa shape index (κ1) is 12.1. The molecular formula is C16H13NOS. The molecule has 0 saturated heterocycles. The Labute approximate surface area is 115 Å². The lowest BCUT2D eigenvalue weighted by atomic mass is 10.0. The Hall–Kier alpha value is -2.00. The normalized spacial score (nSPS) is 10.8. The Morgan fingerprint density at radius 3 is 2.79 bits per heavy atom. The molecule has 0 spiro atoms. The zero-order valence-corrected chi connectivity index (χ0v) is 11.6. The van der Waals surface area contributed by atoms with Gasteiger partial charge in [-0.25, -0.2) is 0 Å². The van der Waals surface area contributed by atoms with Crippen LogP contribution in [0.25, 0.3) is 10.8 Å². The first-order chi connectivity index (χ1) is 9.16. The summed E-state index contributed by atoms with van der Waals surface area (Å²) in [5.41, 5.74) is 1.93. The van der Waals surface area contributed by atoms with Crippen molar-refractivity contribution in [3.63, 3.8) is 0 Å². The van der Waals surface area contributed by atoms with Gasteiger partial charge < -0.3 is 0 Å². The van der Waals surface area contributed by atoms with Crippen molar-refractivity contribution < 1.29 is 4.79 Å². The molecule has 0 aliphatic rings. The number of carbonyl (C=O) groups is 1. The van der Waals surface area contributed by atoms with Gasteiger partial charge in [-0.3, -0.25) is 9.78 Å². The highest BCUT2D eigenvalue weighted by molar-refractivity contribution is 7.14. The Balaban J connectivity index is 2.16.